The molecule has 1 N–H and O–H groups in total. The number of hydrogen-bond acceptors (Lipinski definition) is 11. The van der Waals surface area contributed by atoms with Crippen LogP contribution in [0.2, 0.25) is 0 Å². The standard InChI is InChI=1S/C28H34N2O10/c1-5-13-36-24-17(2)40-28(34)21(15-37-27(33)20(24)14-19-9-7-6-8-10-19)30-26(32)23-25(39-16-38-18(3)31)22(35-4)11-12-29-23/h6-12,17,20-21,24H,5,13-16H2,1-4H3,(H,30,32)/t17-,20+,21-,24-/m0/s1. The summed E-state index contributed by atoms with van der Waals surface area (Å²) in [6, 6.07) is 9.47. The lowest BCUT2D eigenvalue weighted by Crippen LogP contribution is -2.46. The number of nitrogens with zero attached hydrogens (tertiary/aromatic N) is 1. The van der Waals surface area contributed by atoms with Gasteiger partial charge in [-0.2, -0.15) is 0 Å². The van der Waals surface area contributed by atoms with Crippen LogP contribution in [0.25, 0.3) is 0 Å². The van der Waals surface area contributed by atoms with Crippen LogP contribution in [0.5, 0.6) is 11.5 Å². The summed E-state index contributed by atoms with van der Waals surface area (Å²) in [6.45, 7) is 4.14. The van der Waals surface area contributed by atoms with Gasteiger partial charge in [-0.25, -0.2) is 9.78 Å². The van der Waals surface area contributed by atoms with Crippen molar-refractivity contribution >= 4 is 23.8 Å². The van der Waals surface area contributed by atoms with Gasteiger partial charge in [0, 0.05) is 25.8 Å². The van der Waals surface area contributed by atoms with Crippen molar-refractivity contribution < 1.29 is 47.6 Å². The molecule has 1 fully saturated rings. The fraction of sp³-hybridized carbons (Fsp3) is 0.464. The topological polar surface area (TPSA) is 149 Å². The van der Waals surface area contributed by atoms with Gasteiger partial charge in [0.05, 0.1) is 13.0 Å². The van der Waals surface area contributed by atoms with Gasteiger partial charge in [-0.05, 0) is 25.3 Å². The van der Waals surface area contributed by atoms with Crippen molar-refractivity contribution in [1.82, 2.24) is 10.3 Å². The van der Waals surface area contributed by atoms with E-state index in [1.807, 2.05) is 37.3 Å². The van der Waals surface area contributed by atoms with Crippen molar-refractivity contribution in [1.29, 1.82) is 0 Å². The lowest BCUT2D eigenvalue weighted by atomic mass is 9.91. The Labute approximate surface area is 232 Å². The fourth-order valence-corrected chi connectivity index (χ4v) is 4.10. The summed E-state index contributed by atoms with van der Waals surface area (Å²) in [7, 11) is 1.36. The Morgan fingerprint density at radius 2 is 1.88 bits per heavy atom. The highest BCUT2D eigenvalue weighted by Crippen LogP contribution is 2.30. The molecule has 1 aliphatic rings. The Balaban J connectivity index is 1.83. The van der Waals surface area contributed by atoms with E-state index in [9.17, 15) is 19.2 Å². The van der Waals surface area contributed by atoms with Crippen LogP contribution in [-0.2, 0) is 39.8 Å². The van der Waals surface area contributed by atoms with E-state index in [0.29, 0.717) is 19.4 Å². The summed E-state index contributed by atoms with van der Waals surface area (Å²) in [5.41, 5.74) is 0.646. The smallest absolute Gasteiger partial charge is 0.332 e. The summed E-state index contributed by atoms with van der Waals surface area (Å²) in [5, 5.41) is 2.50. The second-order valence-electron chi connectivity index (χ2n) is 9.02. The number of methoxy groups -OCH3 is 1. The first kappa shape index (κ1) is 30.4. The third-order valence-corrected chi connectivity index (χ3v) is 6.03. The second kappa shape index (κ2) is 14.8. The average molecular weight is 559 g/mol. The van der Waals surface area contributed by atoms with Gasteiger partial charge in [-0.1, -0.05) is 37.3 Å². The van der Waals surface area contributed by atoms with E-state index in [0.717, 1.165) is 5.56 Å². The Hall–Kier alpha value is -4.19. The summed E-state index contributed by atoms with van der Waals surface area (Å²) in [4.78, 5) is 54.8. The number of hydrogen-bond donors (Lipinski definition) is 1. The van der Waals surface area contributed by atoms with E-state index in [2.05, 4.69) is 10.3 Å². The number of aromatic nitrogens is 1. The van der Waals surface area contributed by atoms with E-state index in [1.54, 1.807) is 6.92 Å². The molecular weight excluding hydrogens is 524 g/mol. The lowest BCUT2D eigenvalue weighted by Gasteiger charge is -2.29. The zero-order chi connectivity index (χ0) is 29.1. The molecule has 0 unspecified atom stereocenters. The average Bonchev–Trinajstić information content (AvgIpc) is 2.97. The number of cyclic esters (lactones) is 2. The summed E-state index contributed by atoms with van der Waals surface area (Å²) in [5.74, 6) is -3.55. The fourth-order valence-electron chi connectivity index (χ4n) is 4.10. The predicted molar refractivity (Wildman–Crippen MR) is 139 cm³/mol. The number of esters is 3. The molecule has 40 heavy (non-hydrogen) atoms. The Morgan fingerprint density at radius 1 is 1.12 bits per heavy atom. The number of rotatable bonds is 11. The van der Waals surface area contributed by atoms with Crippen molar-refractivity contribution in [3.05, 3.63) is 53.9 Å². The van der Waals surface area contributed by atoms with Crippen LogP contribution < -0.4 is 14.8 Å². The van der Waals surface area contributed by atoms with Crippen LogP contribution in [0.1, 0.15) is 43.2 Å². The highest BCUT2D eigenvalue weighted by atomic mass is 16.7. The molecule has 12 heteroatoms. The van der Waals surface area contributed by atoms with Gasteiger partial charge >= 0.3 is 17.9 Å². The summed E-state index contributed by atoms with van der Waals surface area (Å²) in [6.07, 6.45) is 0.713. The SMILES string of the molecule is CCCO[C@H]1[C@H](C)OC(=O)[C@@H](NC(=O)c2nccc(OC)c2OCOC(C)=O)COC(=O)[C@@H]1Cc1ccccc1. The van der Waals surface area contributed by atoms with Gasteiger partial charge in [0.1, 0.15) is 18.8 Å². The van der Waals surface area contributed by atoms with E-state index >= 15 is 0 Å². The van der Waals surface area contributed by atoms with Crippen LogP contribution in [0.3, 0.4) is 0 Å². The number of benzene rings is 1. The van der Waals surface area contributed by atoms with Crippen molar-refractivity contribution in [2.45, 2.75) is 51.9 Å². The highest BCUT2D eigenvalue weighted by Gasteiger charge is 2.40. The molecule has 0 radical (unpaired) electrons. The van der Waals surface area contributed by atoms with Gasteiger partial charge in [-0.15, -0.1) is 0 Å². The molecule has 2 aromatic rings. The molecule has 0 spiro atoms. The number of ether oxygens (including phenoxy) is 6. The Kier molecular flexibility index (Phi) is 11.2. The van der Waals surface area contributed by atoms with Gasteiger partial charge in [0.15, 0.2) is 23.2 Å². The van der Waals surface area contributed by atoms with Crippen molar-refractivity contribution in [2.75, 3.05) is 27.1 Å². The van der Waals surface area contributed by atoms with E-state index in [4.69, 9.17) is 28.4 Å². The van der Waals surface area contributed by atoms with E-state index in [-0.39, 0.29) is 17.2 Å². The van der Waals surface area contributed by atoms with Gasteiger partial charge in [0.2, 0.25) is 6.79 Å². The Morgan fingerprint density at radius 3 is 2.55 bits per heavy atom. The van der Waals surface area contributed by atoms with Crippen molar-refractivity contribution in [2.24, 2.45) is 5.92 Å². The number of amides is 1. The van der Waals surface area contributed by atoms with Crippen molar-refractivity contribution in [3.63, 3.8) is 0 Å². The molecule has 4 atom stereocenters. The lowest BCUT2D eigenvalue weighted by molar-refractivity contribution is -0.164. The first-order valence-electron chi connectivity index (χ1n) is 12.9. The molecule has 3 rings (SSSR count). The van der Waals surface area contributed by atoms with Crippen LogP contribution in [0.15, 0.2) is 42.6 Å². The zero-order valence-electron chi connectivity index (χ0n) is 22.9. The molecule has 1 aromatic heterocycles. The third kappa shape index (κ3) is 8.15. The van der Waals surface area contributed by atoms with Crippen LogP contribution in [0.4, 0.5) is 0 Å². The number of nitrogens with one attached hydrogen (secondary N) is 1. The highest BCUT2D eigenvalue weighted by molar-refractivity contribution is 5.98. The molecular formula is C28H34N2O10. The normalized spacial score (nSPS) is 21.1. The maximum Gasteiger partial charge on any atom is 0.332 e. The minimum atomic E-state index is -1.35. The molecule has 1 aromatic carbocycles. The number of carbonyl (C=O) groups is 4. The minimum absolute atomic E-state index is 0.110. The summed E-state index contributed by atoms with van der Waals surface area (Å²) < 4.78 is 32.6. The van der Waals surface area contributed by atoms with Gasteiger partial charge < -0.3 is 33.7 Å². The molecule has 1 saturated heterocycles. The zero-order valence-corrected chi connectivity index (χ0v) is 22.9. The van der Waals surface area contributed by atoms with Crippen LogP contribution >= 0.6 is 0 Å². The first-order chi connectivity index (χ1) is 19.2. The number of carbonyl (C=O) groups excluding carboxylic acids is 4. The molecule has 0 bridgehead atoms. The van der Waals surface area contributed by atoms with E-state index < -0.39 is 61.4 Å². The van der Waals surface area contributed by atoms with Gasteiger partial charge in [0.25, 0.3) is 5.91 Å². The molecule has 2 heterocycles. The maximum absolute atomic E-state index is 13.3. The number of pyridine rings is 1. The largest absolute Gasteiger partial charge is 0.493 e. The van der Waals surface area contributed by atoms with Crippen LogP contribution in [-0.4, -0.2) is 74.2 Å². The van der Waals surface area contributed by atoms with Crippen molar-refractivity contribution in [3.8, 4) is 11.5 Å². The van der Waals surface area contributed by atoms with Crippen LogP contribution in [0, 0.1) is 5.92 Å². The molecule has 216 valence electrons. The summed E-state index contributed by atoms with van der Waals surface area (Å²) >= 11 is 0. The van der Waals surface area contributed by atoms with Gasteiger partial charge in [-0.3, -0.25) is 14.4 Å². The monoisotopic (exact) mass is 558 g/mol. The third-order valence-electron chi connectivity index (χ3n) is 6.03. The molecule has 0 aliphatic carbocycles. The quantitative estimate of drug-likeness (QED) is 0.246. The van der Waals surface area contributed by atoms with E-state index in [1.165, 1.54) is 26.3 Å². The first-order valence-corrected chi connectivity index (χ1v) is 12.9. The predicted octanol–water partition coefficient (Wildman–Crippen LogP) is 2.23. The maximum atomic E-state index is 13.3. The molecule has 1 amide bonds. The minimum Gasteiger partial charge on any atom is -0.493 e. The molecule has 12 nitrogen and oxygen atoms in total. The molecule has 0 saturated carbocycles. The Bertz CT molecular complexity index is 1170. The molecule has 1 aliphatic heterocycles. The second-order valence-corrected chi connectivity index (χ2v) is 9.02.